The molecule has 0 saturated heterocycles. The molecule has 0 aromatic heterocycles. The van der Waals surface area contributed by atoms with E-state index >= 15 is 0 Å². The van der Waals surface area contributed by atoms with Crippen LogP contribution in [0.2, 0.25) is 0 Å². The highest BCUT2D eigenvalue weighted by molar-refractivity contribution is 4.65. The molecule has 0 aliphatic rings. The summed E-state index contributed by atoms with van der Waals surface area (Å²) >= 11 is 0. The summed E-state index contributed by atoms with van der Waals surface area (Å²) in [4.78, 5) is 2.23. The van der Waals surface area contributed by atoms with Crippen molar-refractivity contribution in [3.05, 3.63) is 0 Å². The zero-order valence-corrected chi connectivity index (χ0v) is 8.88. The molecular formula is C10H23NO. The minimum absolute atomic E-state index is 0.261. The van der Waals surface area contributed by atoms with Gasteiger partial charge in [0.1, 0.15) is 0 Å². The average molecular weight is 173 g/mol. The molecule has 0 aliphatic heterocycles. The molecule has 2 nitrogen and oxygen atoms in total. The smallest absolute Gasteiger partial charge is 0.0584 e. The number of hydrogen-bond donors (Lipinski definition) is 1. The highest BCUT2D eigenvalue weighted by atomic mass is 16.3. The molecule has 0 saturated carbocycles. The van der Waals surface area contributed by atoms with E-state index in [1.165, 1.54) is 12.8 Å². The second kappa shape index (κ2) is 6.44. The lowest BCUT2D eigenvalue weighted by molar-refractivity contribution is 0.140. The summed E-state index contributed by atoms with van der Waals surface area (Å²) in [5.41, 5.74) is 0. The van der Waals surface area contributed by atoms with Gasteiger partial charge in [-0.1, -0.05) is 26.7 Å². The summed E-state index contributed by atoms with van der Waals surface area (Å²) < 4.78 is 0. The summed E-state index contributed by atoms with van der Waals surface area (Å²) in [6, 6.07) is 0.297. The maximum Gasteiger partial charge on any atom is 0.0584 e. The van der Waals surface area contributed by atoms with Crippen LogP contribution in [-0.4, -0.2) is 36.2 Å². The van der Waals surface area contributed by atoms with E-state index in [4.69, 9.17) is 5.11 Å². The lowest BCUT2D eigenvalue weighted by Gasteiger charge is -2.26. The summed E-state index contributed by atoms with van der Waals surface area (Å²) in [6.07, 6.45) is 2.47. The molecule has 0 rings (SSSR count). The molecular weight excluding hydrogens is 150 g/mol. The number of aliphatic hydroxyl groups excluding tert-OH is 1. The number of likely N-dealkylation sites (N-methyl/N-ethyl adjacent to an activating group) is 1. The van der Waals surface area contributed by atoms with E-state index in [9.17, 15) is 0 Å². The Balaban J connectivity index is 3.72. The van der Waals surface area contributed by atoms with Gasteiger partial charge in [0, 0.05) is 12.6 Å². The van der Waals surface area contributed by atoms with Crippen molar-refractivity contribution >= 4 is 0 Å². The van der Waals surface area contributed by atoms with Crippen LogP contribution in [0.4, 0.5) is 0 Å². The summed E-state index contributed by atoms with van der Waals surface area (Å²) in [5.74, 6) is 0.781. The fourth-order valence-corrected chi connectivity index (χ4v) is 1.27. The highest BCUT2D eigenvalue weighted by Gasteiger charge is 2.11. The van der Waals surface area contributed by atoms with E-state index in [0.29, 0.717) is 6.04 Å². The topological polar surface area (TPSA) is 23.5 Å². The van der Waals surface area contributed by atoms with Gasteiger partial charge in [0.25, 0.3) is 0 Å². The summed E-state index contributed by atoms with van der Waals surface area (Å²) in [6.45, 7) is 7.88. The first-order valence-corrected chi connectivity index (χ1v) is 4.96. The van der Waals surface area contributed by atoms with Gasteiger partial charge in [0.15, 0.2) is 0 Å². The molecule has 0 fully saturated rings. The SMILES string of the molecule is CCC(CC)CN(C)C(C)CO. The highest BCUT2D eigenvalue weighted by Crippen LogP contribution is 2.10. The second-order valence-electron chi connectivity index (χ2n) is 3.65. The van der Waals surface area contributed by atoms with Gasteiger partial charge in [0.2, 0.25) is 0 Å². The van der Waals surface area contributed by atoms with Crippen molar-refractivity contribution in [1.82, 2.24) is 4.90 Å². The normalized spacial score (nSPS) is 14.2. The van der Waals surface area contributed by atoms with Crippen molar-refractivity contribution in [3.8, 4) is 0 Å². The Morgan fingerprint density at radius 3 is 2.08 bits per heavy atom. The van der Waals surface area contributed by atoms with Crippen LogP contribution in [0, 0.1) is 5.92 Å². The third-order valence-electron chi connectivity index (χ3n) is 2.72. The first-order valence-electron chi connectivity index (χ1n) is 4.96. The Morgan fingerprint density at radius 2 is 1.75 bits per heavy atom. The van der Waals surface area contributed by atoms with Crippen LogP contribution in [-0.2, 0) is 0 Å². The van der Waals surface area contributed by atoms with Crippen LogP contribution in [0.3, 0.4) is 0 Å². The Hall–Kier alpha value is -0.0800. The van der Waals surface area contributed by atoms with Crippen LogP contribution < -0.4 is 0 Å². The summed E-state index contributed by atoms with van der Waals surface area (Å²) in [7, 11) is 2.08. The standard InChI is InChI=1S/C10H23NO/c1-5-10(6-2)7-11(4)9(3)8-12/h9-10,12H,5-8H2,1-4H3. The predicted molar refractivity (Wildman–Crippen MR) is 53.2 cm³/mol. The maximum atomic E-state index is 8.92. The molecule has 1 N–H and O–H groups in total. The Kier molecular flexibility index (Phi) is 6.39. The lowest BCUT2D eigenvalue weighted by Crippen LogP contribution is -2.35. The van der Waals surface area contributed by atoms with Gasteiger partial charge in [-0.3, -0.25) is 0 Å². The minimum Gasteiger partial charge on any atom is -0.395 e. The van der Waals surface area contributed by atoms with E-state index < -0.39 is 0 Å². The van der Waals surface area contributed by atoms with Crippen LogP contribution in [0.15, 0.2) is 0 Å². The molecule has 12 heavy (non-hydrogen) atoms. The minimum atomic E-state index is 0.261. The molecule has 74 valence electrons. The van der Waals surface area contributed by atoms with Crippen molar-refractivity contribution < 1.29 is 5.11 Å². The van der Waals surface area contributed by atoms with Gasteiger partial charge < -0.3 is 10.0 Å². The Morgan fingerprint density at radius 1 is 1.25 bits per heavy atom. The molecule has 0 aromatic rings. The van der Waals surface area contributed by atoms with E-state index in [1.54, 1.807) is 0 Å². The number of nitrogens with zero attached hydrogens (tertiary/aromatic N) is 1. The first kappa shape index (κ1) is 11.9. The van der Waals surface area contributed by atoms with Crippen molar-refractivity contribution in [2.24, 2.45) is 5.92 Å². The predicted octanol–water partition coefficient (Wildman–Crippen LogP) is 1.74. The number of hydrogen-bond acceptors (Lipinski definition) is 2. The van der Waals surface area contributed by atoms with Crippen LogP contribution in [0.5, 0.6) is 0 Å². The van der Waals surface area contributed by atoms with Gasteiger partial charge in [-0.2, -0.15) is 0 Å². The van der Waals surface area contributed by atoms with E-state index in [0.717, 1.165) is 12.5 Å². The molecule has 0 bridgehead atoms. The molecule has 0 radical (unpaired) electrons. The van der Waals surface area contributed by atoms with Gasteiger partial charge in [-0.25, -0.2) is 0 Å². The van der Waals surface area contributed by atoms with Crippen LogP contribution in [0.1, 0.15) is 33.6 Å². The molecule has 1 atom stereocenters. The molecule has 0 heterocycles. The lowest BCUT2D eigenvalue weighted by atomic mass is 10.0. The van der Waals surface area contributed by atoms with Crippen LogP contribution >= 0.6 is 0 Å². The molecule has 0 aliphatic carbocycles. The zero-order chi connectivity index (χ0) is 9.56. The summed E-state index contributed by atoms with van der Waals surface area (Å²) in [5, 5.41) is 8.92. The number of aliphatic hydroxyl groups is 1. The van der Waals surface area contributed by atoms with Gasteiger partial charge in [0.05, 0.1) is 6.61 Å². The van der Waals surface area contributed by atoms with Crippen molar-refractivity contribution in [1.29, 1.82) is 0 Å². The van der Waals surface area contributed by atoms with Crippen molar-refractivity contribution in [3.63, 3.8) is 0 Å². The molecule has 0 amide bonds. The molecule has 2 heteroatoms. The first-order chi connectivity index (χ1) is 5.65. The zero-order valence-electron chi connectivity index (χ0n) is 8.88. The fourth-order valence-electron chi connectivity index (χ4n) is 1.27. The quantitative estimate of drug-likeness (QED) is 0.661. The Bertz CT molecular complexity index is 102. The monoisotopic (exact) mass is 173 g/mol. The fraction of sp³-hybridized carbons (Fsp3) is 1.00. The van der Waals surface area contributed by atoms with Gasteiger partial charge in [-0.05, 0) is 19.9 Å². The van der Waals surface area contributed by atoms with Gasteiger partial charge in [-0.15, -0.1) is 0 Å². The maximum absolute atomic E-state index is 8.92. The van der Waals surface area contributed by atoms with E-state index in [2.05, 4.69) is 32.7 Å². The van der Waals surface area contributed by atoms with Crippen molar-refractivity contribution in [2.75, 3.05) is 20.2 Å². The van der Waals surface area contributed by atoms with Crippen LogP contribution in [0.25, 0.3) is 0 Å². The second-order valence-corrected chi connectivity index (χ2v) is 3.65. The Labute approximate surface area is 76.6 Å². The van der Waals surface area contributed by atoms with Gasteiger partial charge >= 0.3 is 0 Å². The largest absolute Gasteiger partial charge is 0.395 e. The average Bonchev–Trinajstić information content (AvgIpc) is 2.12. The molecule has 0 spiro atoms. The molecule has 0 aromatic carbocycles. The van der Waals surface area contributed by atoms with Crippen molar-refractivity contribution in [2.45, 2.75) is 39.7 Å². The number of rotatable bonds is 6. The van der Waals surface area contributed by atoms with E-state index in [-0.39, 0.29) is 6.61 Å². The third-order valence-corrected chi connectivity index (χ3v) is 2.72. The third kappa shape index (κ3) is 4.07. The molecule has 1 unspecified atom stereocenters. The van der Waals surface area contributed by atoms with E-state index in [1.807, 2.05) is 0 Å².